The van der Waals surface area contributed by atoms with Crippen molar-refractivity contribution in [3.05, 3.63) is 15.8 Å². The molecule has 1 saturated carbocycles. The zero-order chi connectivity index (χ0) is 18.2. The first kappa shape index (κ1) is 21.6. The minimum Gasteiger partial charge on any atom is -0.340 e. The molecule has 26 heavy (non-hydrogen) atoms. The Morgan fingerprint density at radius 1 is 1.19 bits per heavy atom. The Morgan fingerprint density at radius 3 is 2.38 bits per heavy atom. The lowest BCUT2D eigenvalue weighted by Crippen LogP contribution is -2.52. The van der Waals surface area contributed by atoms with Gasteiger partial charge in [0.1, 0.15) is 0 Å². The van der Waals surface area contributed by atoms with E-state index in [1.807, 2.05) is 18.7 Å². The van der Waals surface area contributed by atoms with E-state index in [0.717, 1.165) is 35.4 Å². The van der Waals surface area contributed by atoms with E-state index in [1.54, 1.807) is 6.07 Å². The van der Waals surface area contributed by atoms with Crippen LogP contribution in [0.4, 0.5) is 0 Å². The van der Waals surface area contributed by atoms with Crippen molar-refractivity contribution < 1.29 is 13.2 Å². The summed E-state index contributed by atoms with van der Waals surface area (Å²) in [4.78, 5) is 16.7. The summed E-state index contributed by atoms with van der Waals surface area (Å²) in [7, 11) is -3.47. The molecule has 2 unspecified atom stereocenters. The fourth-order valence-corrected chi connectivity index (χ4v) is 6.81. The van der Waals surface area contributed by atoms with E-state index in [2.05, 4.69) is 0 Å². The molecule has 1 aromatic heterocycles. The van der Waals surface area contributed by atoms with Crippen LogP contribution in [0.3, 0.4) is 0 Å². The summed E-state index contributed by atoms with van der Waals surface area (Å²) in [6.45, 7) is 5.42. The number of sulfonamides is 1. The van der Waals surface area contributed by atoms with Gasteiger partial charge in [0.2, 0.25) is 15.9 Å². The minimum absolute atomic E-state index is 0. The SMILES string of the molecule is Cc1cc(S(=O)(=O)N2CCN(C(=O)C3CCCC(N)C3)CC2)c(C)s1.Cl. The summed E-state index contributed by atoms with van der Waals surface area (Å²) in [6.07, 6.45) is 3.65. The van der Waals surface area contributed by atoms with Gasteiger partial charge in [0.05, 0.1) is 4.90 Å². The summed E-state index contributed by atoms with van der Waals surface area (Å²) < 4.78 is 27.2. The number of hydrogen-bond acceptors (Lipinski definition) is 5. The first-order valence-corrected chi connectivity index (χ1v) is 11.2. The number of nitrogens with zero attached hydrogens (tertiary/aromatic N) is 2. The molecule has 6 nitrogen and oxygen atoms in total. The van der Waals surface area contributed by atoms with Crippen LogP contribution in [0.5, 0.6) is 0 Å². The molecule has 2 heterocycles. The lowest BCUT2D eigenvalue weighted by Gasteiger charge is -2.37. The van der Waals surface area contributed by atoms with Crippen molar-refractivity contribution in [2.75, 3.05) is 26.2 Å². The molecule has 2 aliphatic rings. The van der Waals surface area contributed by atoms with Gasteiger partial charge in [0, 0.05) is 47.9 Å². The van der Waals surface area contributed by atoms with Crippen LogP contribution in [0.15, 0.2) is 11.0 Å². The van der Waals surface area contributed by atoms with Crippen LogP contribution < -0.4 is 5.73 Å². The largest absolute Gasteiger partial charge is 0.340 e. The highest BCUT2D eigenvalue weighted by atomic mass is 35.5. The molecule has 1 aliphatic carbocycles. The van der Waals surface area contributed by atoms with Crippen LogP contribution in [-0.4, -0.2) is 55.8 Å². The Morgan fingerprint density at radius 2 is 1.85 bits per heavy atom. The number of piperazine rings is 1. The first-order chi connectivity index (χ1) is 11.8. The maximum absolute atomic E-state index is 12.9. The maximum atomic E-state index is 12.9. The number of halogens is 1. The average molecular weight is 422 g/mol. The Balaban J connectivity index is 0.00000243. The predicted octanol–water partition coefficient (Wildman–Crippen LogP) is 2.14. The van der Waals surface area contributed by atoms with Gasteiger partial charge in [-0.05, 0) is 39.2 Å². The van der Waals surface area contributed by atoms with Gasteiger partial charge in [-0.2, -0.15) is 4.31 Å². The summed E-state index contributed by atoms with van der Waals surface area (Å²) >= 11 is 1.50. The maximum Gasteiger partial charge on any atom is 0.244 e. The molecular weight excluding hydrogens is 394 g/mol. The average Bonchev–Trinajstić information content (AvgIpc) is 2.93. The quantitative estimate of drug-likeness (QED) is 0.810. The number of amides is 1. The Kier molecular flexibility index (Phi) is 7.12. The number of aryl methyl sites for hydroxylation is 2. The smallest absolute Gasteiger partial charge is 0.244 e. The van der Waals surface area contributed by atoms with Crippen LogP contribution in [0.2, 0.25) is 0 Å². The summed E-state index contributed by atoms with van der Waals surface area (Å²) in [6, 6.07) is 1.87. The molecule has 2 N–H and O–H groups in total. The van der Waals surface area contributed by atoms with Crippen molar-refractivity contribution in [2.24, 2.45) is 11.7 Å². The van der Waals surface area contributed by atoms with E-state index in [9.17, 15) is 13.2 Å². The first-order valence-electron chi connectivity index (χ1n) is 8.90. The molecule has 1 aliphatic heterocycles. The van der Waals surface area contributed by atoms with Crippen LogP contribution in [0.1, 0.15) is 35.4 Å². The molecule has 1 amide bonds. The Labute approximate surface area is 166 Å². The van der Waals surface area contributed by atoms with Crippen molar-refractivity contribution in [3.8, 4) is 0 Å². The predicted molar refractivity (Wildman–Crippen MR) is 106 cm³/mol. The zero-order valence-electron chi connectivity index (χ0n) is 15.3. The zero-order valence-corrected chi connectivity index (χ0v) is 17.8. The van der Waals surface area contributed by atoms with Crippen LogP contribution in [-0.2, 0) is 14.8 Å². The lowest BCUT2D eigenvalue weighted by molar-refractivity contribution is -0.137. The van der Waals surface area contributed by atoms with E-state index in [4.69, 9.17) is 5.73 Å². The number of thiophene rings is 1. The number of rotatable bonds is 3. The molecule has 9 heteroatoms. The van der Waals surface area contributed by atoms with Crippen molar-refractivity contribution in [3.63, 3.8) is 0 Å². The molecule has 0 aromatic carbocycles. The van der Waals surface area contributed by atoms with Gasteiger partial charge in [-0.25, -0.2) is 8.42 Å². The fraction of sp³-hybridized carbons (Fsp3) is 0.706. The number of nitrogens with two attached hydrogens (primary N) is 1. The molecule has 0 bridgehead atoms. The van der Waals surface area contributed by atoms with Crippen molar-refractivity contribution in [1.29, 1.82) is 0 Å². The third kappa shape index (κ3) is 4.42. The number of hydrogen-bond donors (Lipinski definition) is 1. The van der Waals surface area contributed by atoms with E-state index >= 15 is 0 Å². The second-order valence-electron chi connectivity index (χ2n) is 7.13. The second kappa shape index (κ2) is 8.56. The van der Waals surface area contributed by atoms with Gasteiger partial charge in [-0.15, -0.1) is 23.7 Å². The van der Waals surface area contributed by atoms with Gasteiger partial charge >= 0.3 is 0 Å². The van der Waals surface area contributed by atoms with E-state index in [1.165, 1.54) is 15.6 Å². The molecule has 1 aromatic rings. The van der Waals surface area contributed by atoms with Crippen LogP contribution in [0.25, 0.3) is 0 Å². The molecule has 3 rings (SSSR count). The standard InChI is InChI=1S/C17H27N3O3S2.ClH/c1-12-10-16(13(2)24-12)25(22,23)20-8-6-19(7-9-20)17(21)14-4-3-5-15(18)11-14;/h10,14-15H,3-9,11,18H2,1-2H3;1H. The third-order valence-corrected chi connectivity index (χ3v) is 8.35. The highest BCUT2D eigenvalue weighted by Crippen LogP contribution is 2.29. The summed E-state index contributed by atoms with van der Waals surface area (Å²) in [5.41, 5.74) is 5.99. The van der Waals surface area contributed by atoms with Crippen LogP contribution >= 0.6 is 23.7 Å². The van der Waals surface area contributed by atoms with Crippen molar-refractivity contribution in [1.82, 2.24) is 9.21 Å². The molecule has 2 fully saturated rings. The highest BCUT2D eigenvalue weighted by Gasteiger charge is 2.34. The molecular formula is C17H28ClN3O3S2. The van der Waals surface area contributed by atoms with Gasteiger partial charge in [0.25, 0.3) is 0 Å². The molecule has 2 atom stereocenters. The normalized spacial score (nSPS) is 25.0. The van der Waals surface area contributed by atoms with E-state index in [0.29, 0.717) is 31.1 Å². The lowest BCUT2D eigenvalue weighted by atomic mass is 9.85. The molecule has 0 radical (unpaired) electrons. The number of carbonyl (C=O) groups is 1. The van der Waals surface area contributed by atoms with Gasteiger partial charge in [-0.1, -0.05) is 6.42 Å². The van der Waals surface area contributed by atoms with E-state index < -0.39 is 10.0 Å². The summed E-state index contributed by atoms with van der Waals surface area (Å²) in [5.74, 6) is 0.156. The fourth-order valence-electron chi connectivity index (χ4n) is 3.86. The minimum atomic E-state index is -3.47. The number of carbonyl (C=O) groups excluding carboxylic acids is 1. The van der Waals surface area contributed by atoms with E-state index in [-0.39, 0.29) is 30.3 Å². The summed E-state index contributed by atoms with van der Waals surface area (Å²) in [5, 5.41) is 0. The topological polar surface area (TPSA) is 83.7 Å². The second-order valence-corrected chi connectivity index (χ2v) is 10.5. The molecule has 1 saturated heterocycles. The van der Waals surface area contributed by atoms with Crippen molar-refractivity contribution in [2.45, 2.75) is 50.5 Å². The Bertz CT molecular complexity index is 742. The van der Waals surface area contributed by atoms with Gasteiger partial charge in [-0.3, -0.25) is 4.79 Å². The van der Waals surface area contributed by atoms with Crippen molar-refractivity contribution >= 4 is 39.7 Å². The monoisotopic (exact) mass is 421 g/mol. The Hall–Kier alpha value is -0.670. The van der Waals surface area contributed by atoms with Gasteiger partial charge < -0.3 is 10.6 Å². The van der Waals surface area contributed by atoms with Gasteiger partial charge in [0.15, 0.2) is 0 Å². The highest BCUT2D eigenvalue weighted by molar-refractivity contribution is 7.89. The third-order valence-electron chi connectivity index (χ3n) is 5.23. The van der Waals surface area contributed by atoms with Crippen LogP contribution in [0, 0.1) is 19.8 Å². The molecule has 0 spiro atoms. The molecule has 148 valence electrons.